The van der Waals surface area contributed by atoms with Gasteiger partial charge in [-0.3, -0.25) is 9.69 Å². The number of piperazine rings is 1. The molecule has 1 heterocycles. The predicted octanol–water partition coefficient (Wildman–Crippen LogP) is 0.538. The first-order valence-electron chi connectivity index (χ1n) is 6.49. The van der Waals surface area contributed by atoms with Crippen LogP contribution < -0.4 is 4.74 Å². The van der Waals surface area contributed by atoms with Crippen LogP contribution in [0.4, 0.5) is 0 Å². The second kappa shape index (κ2) is 6.38. The number of ether oxygens (including phenoxy) is 1. The van der Waals surface area contributed by atoms with Gasteiger partial charge < -0.3 is 14.7 Å². The summed E-state index contributed by atoms with van der Waals surface area (Å²) in [7, 11) is 1.81. The lowest BCUT2D eigenvalue weighted by Crippen LogP contribution is -2.49. The third-order valence-electron chi connectivity index (χ3n) is 3.31. The van der Waals surface area contributed by atoms with Crippen molar-refractivity contribution < 1.29 is 19.4 Å². The quantitative estimate of drug-likeness (QED) is 0.851. The molecule has 0 bridgehead atoms. The summed E-state index contributed by atoms with van der Waals surface area (Å²) in [6.45, 7) is 3.18. The van der Waals surface area contributed by atoms with Gasteiger partial charge in [0.1, 0.15) is 12.4 Å². The molecule has 2 rings (SSSR count). The molecule has 20 heavy (non-hydrogen) atoms. The number of nitrogens with zero attached hydrogens (tertiary/aromatic N) is 2. The average molecular weight is 278 g/mol. The van der Waals surface area contributed by atoms with Gasteiger partial charge in [0.25, 0.3) is 0 Å². The van der Waals surface area contributed by atoms with Crippen molar-refractivity contribution in [1.82, 2.24) is 9.80 Å². The molecule has 1 aliphatic rings. The van der Waals surface area contributed by atoms with Crippen molar-refractivity contribution in [2.45, 2.75) is 0 Å². The third kappa shape index (κ3) is 3.71. The van der Waals surface area contributed by atoms with Crippen LogP contribution in [0.1, 0.15) is 10.4 Å². The zero-order chi connectivity index (χ0) is 14.5. The molecule has 0 atom stereocenters. The Morgan fingerprint density at radius 3 is 2.60 bits per heavy atom. The van der Waals surface area contributed by atoms with Crippen molar-refractivity contribution >= 4 is 11.9 Å². The smallest absolute Gasteiger partial charge is 0.335 e. The van der Waals surface area contributed by atoms with Crippen molar-refractivity contribution in [3.63, 3.8) is 0 Å². The highest BCUT2D eigenvalue weighted by atomic mass is 16.5. The highest BCUT2D eigenvalue weighted by molar-refractivity contribution is 5.87. The van der Waals surface area contributed by atoms with Crippen molar-refractivity contribution in [3.05, 3.63) is 29.8 Å². The highest BCUT2D eigenvalue weighted by Gasteiger charge is 2.20. The van der Waals surface area contributed by atoms with Gasteiger partial charge in [-0.1, -0.05) is 0 Å². The van der Waals surface area contributed by atoms with Crippen LogP contribution in [0.5, 0.6) is 5.75 Å². The number of carboxylic acid groups (broad SMARTS) is 1. The second-order valence-electron chi connectivity index (χ2n) is 4.77. The van der Waals surface area contributed by atoms with E-state index in [1.54, 1.807) is 24.1 Å². The van der Waals surface area contributed by atoms with Gasteiger partial charge in [-0.15, -0.1) is 0 Å². The fraction of sp³-hybridized carbons (Fsp3) is 0.429. The van der Waals surface area contributed by atoms with Gasteiger partial charge in [0.15, 0.2) is 0 Å². The van der Waals surface area contributed by atoms with E-state index >= 15 is 0 Å². The largest absolute Gasteiger partial charge is 0.492 e. The van der Waals surface area contributed by atoms with Crippen LogP contribution in [0.2, 0.25) is 0 Å². The van der Waals surface area contributed by atoms with Crippen LogP contribution in [-0.4, -0.2) is 66.6 Å². The van der Waals surface area contributed by atoms with Gasteiger partial charge in [0, 0.05) is 26.7 Å². The van der Waals surface area contributed by atoms with Crippen LogP contribution in [0, 0.1) is 0 Å². The number of rotatable bonds is 5. The number of benzene rings is 1. The number of carbonyl (C=O) groups is 2. The van der Waals surface area contributed by atoms with E-state index in [0.29, 0.717) is 25.4 Å². The topological polar surface area (TPSA) is 70.1 Å². The molecule has 6 heteroatoms. The molecule has 108 valence electrons. The second-order valence-corrected chi connectivity index (χ2v) is 4.77. The molecule has 6 nitrogen and oxygen atoms in total. The lowest BCUT2D eigenvalue weighted by Gasteiger charge is -2.31. The Bertz CT molecular complexity index is 486. The molecule has 1 aromatic carbocycles. The van der Waals surface area contributed by atoms with Crippen LogP contribution in [0.25, 0.3) is 0 Å². The predicted molar refractivity (Wildman–Crippen MR) is 73.0 cm³/mol. The third-order valence-corrected chi connectivity index (χ3v) is 3.31. The number of amides is 1. The zero-order valence-electron chi connectivity index (χ0n) is 11.4. The van der Waals surface area contributed by atoms with Gasteiger partial charge in [0.2, 0.25) is 5.91 Å². The summed E-state index contributed by atoms with van der Waals surface area (Å²) in [6.07, 6.45) is 0. The number of hydrogen-bond acceptors (Lipinski definition) is 4. The van der Waals surface area contributed by atoms with E-state index in [1.807, 2.05) is 4.90 Å². The summed E-state index contributed by atoms with van der Waals surface area (Å²) >= 11 is 0. The van der Waals surface area contributed by atoms with Crippen molar-refractivity contribution in [2.75, 3.05) is 39.8 Å². The lowest BCUT2D eigenvalue weighted by molar-refractivity contribution is -0.134. The molecule has 1 aliphatic heterocycles. The first-order valence-corrected chi connectivity index (χ1v) is 6.49. The Morgan fingerprint density at radius 2 is 2.00 bits per heavy atom. The molecule has 1 fully saturated rings. The van der Waals surface area contributed by atoms with E-state index in [0.717, 1.165) is 13.1 Å². The van der Waals surface area contributed by atoms with Crippen LogP contribution in [-0.2, 0) is 4.79 Å². The molecular formula is C14H18N2O4. The van der Waals surface area contributed by atoms with Crippen LogP contribution in [0.3, 0.4) is 0 Å². The summed E-state index contributed by atoms with van der Waals surface area (Å²) in [6, 6.07) is 6.30. The van der Waals surface area contributed by atoms with Gasteiger partial charge in [-0.2, -0.15) is 0 Å². The molecule has 0 saturated carbocycles. The van der Waals surface area contributed by atoms with Gasteiger partial charge in [0.05, 0.1) is 12.1 Å². The van der Waals surface area contributed by atoms with Gasteiger partial charge >= 0.3 is 5.97 Å². The van der Waals surface area contributed by atoms with E-state index in [9.17, 15) is 9.59 Å². The Kier molecular flexibility index (Phi) is 4.57. The van der Waals surface area contributed by atoms with E-state index in [-0.39, 0.29) is 11.5 Å². The summed E-state index contributed by atoms with van der Waals surface area (Å²) in [5, 5.41) is 8.78. The standard InChI is InChI=1S/C14H18N2O4/c1-15-6-7-16(10-13(15)17)8-9-20-12-4-2-11(3-5-12)14(18)19/h2-5H,6-10H2,1H3,(H,18,19). The van der Waals surface area contributed by atoms with E-state index < -0.39 is 5.97 Å². The number of carbonyl (C=O) groups excluding carboxylic acids is 1. The normalized spacial score (nSPS) is 16.2. The molecule has 1 amide bonds. The number of aromatic carboxylic acids is 1. The molecule has 1 saturated heterocycles. The molecule has 1 N–H and O–H groups in total. The lowest BCUT2D eigenvalue weighted by atomic mass is 10.2. The Labute approximate surface area is 117 Å². The molecule has 1 aromatic rings. The van der Waals surface area contributed by atoms with E-state index in [4.69, 9.17) is 9.84 Å². The summed E-state index contributed by atoms with van der Waals surface area (Å²) in [5.74, 6) is -0.190. The van der Waals surface area contributed by atoms with Crippen molar-refractivity contribution in [1.29, 1.82) is 0 Å². The molecule has 0 aliphatic carbocycles. The maximum Gasteiger partial charge on any atom is 0.335 e. The van der Waals surface area contributed by atoms with Crippen molar-refractivity contribution in [2.24, 2.45) is 0 Å². The molecule has 0 radical (unpaired) electrons. The van der Waals surface area contributed by atoms with E-state index in [1.165, 1.54) is 12.1 Å². The minimum atomic E-state index is -0.951. The van der Waals surface area contributed by atoms with Crippen LogP contribution >= 0.6 is 0 Å². The highest BCUT2D eigenvalue weighted by Crippen LogP contribution is 2.12. The maximum absolute atomic E-state index is 11.5. The van der Waals surface area contributed by atoms with Gasteiger partial charge in [-0.25, -0.2) is 4.79 Å². The first-order chi connectivity index (χ1) is 9.56. The average Bonchev–Trinajstić information content (AvgIpc) is 2.43. The SMILES string of the molecule is CN1CCN(CCOc2ccc(C(=O)O)cc2)CC1=O. The van der Waals surface area contributed by atoms with Crippen LogP contribution in [0.15, 0.2) is 24.3 Å². The summed E-state index contributed by atoms with van der Waals surface area (Å²) in [5.41, 5.74) is 0.238. The molecular weight excluding hydrogens is 260 g/mol. The minimum Gasteiger partial charge on any atom is -0.492 e. The Morgan fingerprint density at radius 1 is 1.30 bits per heavy atom. The number of hydrogen-bond donors (Lipinski definition) is 1. The van der Waals surface area contributed by atoms with E-state index in [2.05, 4.69) is 0 Å². The zero-order valence-corrected chi connectivity index (χ0v) is 11.4. The molecule has 0 spiro atoms. The molecule has 0 aromatic heterocycles. The number of likely N-dealkylation sites (N-methyl/N-ethyl adjacent to an activating group) is 1. The first kappa shape index (κ1) is 14.3. The maximum atomic E-state index is 11.5. The monoisotopic (exact) mass is 278 g/mol. The van der Waals surface area contributed by atoms with Crippen molar-refractivity contribution in [3.8, 4) is 5.75 Å². The fourth-order valence-electron chi connectivity index (χ4n) is 1.98. The summed E-state index contributed by atoms with van der Waals surface area (Å²) < 4.78 is 5.55. The summed E-state index contributed by atoms with van der Waals surface area (Å²) in [4.78, 5) is 26.0. The Hall–Kier alpha value is -2.08. The minimum absolute atomic E-state index is 0.127. The van der Waals surface area contributed by atoms with Gasteiger partial charge in [-0.05, 0) is 24.3 Å². The molecule has 0 unspecified atom stereocenters. The fourth-order valence-corrected chi connectivity index (χ4v) is 1.98. The number of carboxylic acids is 1. The Balaban J connectivity index is 1.75.